The first-order valence-corrected chi connectivity index (χ1v) is 5.97. The van der Waals surface area contributed by atoms with Gasteiger partial charge in [0.2, 0.25) is 0 Å². The highest BCUT2D eigenvalue weighted by atomic mass is 35.5. The molecule has 1 aromatic carbocycles. The van der Waals surface area contributed by atoms with Gasteiger partial charge in [-0.1, -0.05) is 24.6 Å². The van der Waals surface area contributed by atoms with E-state index in [4.69, 9.17) is 18.0 Å². The van der Waals surface area contributed by atoms with Crippen LogP contribution < -0.4 is 5.32 Å². The van der Waals surface area contributed by atoms with Gasteiger partial charge in [-0.2, -0.15) is 0 Å². The van der Waals surface area contributed by atoms with E-state index in [1.165, 1.54) is 11.1 Å². The maximum atomic E-state index is 5.91. The fraction of sp³-hybridized carbons (Fsp3) is 0.429. The fourth-order valence-electron chi connectivity index (χ4n) is 1.62. The zero-order chi connectivity index (χ0) is 12.0. The molecule has 0 bridgehead atoms. The minimum absolute atomic E-state index is 0.403. The molecule has 0 aliphatic heterocycles. The average molecular weight is 236 g/mol. The molecule has 2 heteroatoms. The number of halogens is 1. The van der Waals surface area contributed by atoms with E-state index < -0.39 is 0 Å². The van der Waals surface area contributed by atoms with Crippen molar-refractivity contribution >= 4 is 11.6 Å². The third-order valence-electron chi connectivity index (χ3n) is 2.74. The number of hydrogen-bond donors (Lipinski definition) is 1. The van der Waals surface area contributed by atoms with Gasteiger partial charge >= 0.3 is 0 Å². The van der Waals surface area contributed by atoms with Crippen LogP contribution in [0.2, 0.25) is 5.02 Å². The number of benzene rings is 1. The van der Waals surface area contributed by atoms with Crippen molar-refractivity contribution in [2.75, 3.05) is 0 Å². The molecule has 86 valence electrons. The van der Waals surface area contributed by atoms with Gasteiger partial charge in [0.25, 0.3) is 0 Å². The van der Waals surface area contributed by atoms with Gasteiger partial charge in [0.1, 0.15) is 0 Å². The van der Waals surface area contributed by atoms with Crippen LogP contribution in [0.25, 0.3) is 0 Å². The van der Waals surface area contributed by atoms with Gasteiger partial charge in [-0.15, -0.1) is 12.3 Å². The Balaban J connectivity index is 2.57. The molecule has 0 saturated carbocycles. The van der Waals surface area contributed by atoms with Crippen LogP contribution in [0.1, 0.15) is 30.9 Å². The van der Waals surface area contributed by atoms with Crippen LogP contribution in [-0.4, -0.2) is 6.04 Å². The first-order chi connectivity index (χ1) is 7.67. The van der Waals surface area contributed by atoms with Gasteiger partial charge in [-0.05, 0) is 36.6 Å². The van der Waals surface area contributed by atoms with Crippen molar-refractivity contribution in [3.63, 3.8) is 0 Å². The molecule has 1 nitrogen and oxygen atoms in total. The molecule has 0 spiro atoms. The zero-order valence-electron chi connectivity index (χ0n) is 9.89. The van der Waals surface area contributed by atoms with Crippen molar-refractivity contribution in [2.24, 2.45) is 0 Å². The molecule has 0 heterocycles. The van der Waals surface area contributed by atoms with Crippen LogP contribution in [0.3, 0.4) is 0 Å². The second kappa shape index (κ2) is 6.58. The summed E-state index contributed by atoms with van der Waals surface area (Å²) >= 11 is 5.91. The lowest BCUT2D eigenvalue weighted by Crippen LogP contribution is -2.27. The van der Waals surface area contributed by atoms with Crippen molar-refractivity contribution in [3.8, 4) is 12.3 Å². The molecule has 1 unspecified atom stereocenters. The summed E-state index contributed by atoms with van der Waals surface area (Å²) in [6.07, 6.45) is 7.15. The van der Waals surface area contributed by atoms with Crippen molar-refractivity contribution in [1.82, 2.24) is 5.32 Å². The lowest BCUT2D eigenvalue weighted by atomic mass is 10.1. The van der Waals surface area contributed by atoms with Crippen LogP contribution in [0.15, 0.2) is 18.2 Å². The Morgan fingerprint density at radius 1 is 1.50 bits per heavy atom. The highest BCUT2D eigenvalue weighted by molar-refractivity contribution is 6.30. The van der Waals surface area contributed by atoms with E-state index in [0.29, 0.717) is 6.04 Å². The standard InChI is InChI=1S/C14H18ClN/c1-4-6-14(5-2)16-10-12-7-8-13(15)9-11(12)3/h1,7-9,14,16H,5-6,10H2,2-3H3. The normalized spacial score (nSPS) is 12.1. The van der Waals surface area contributed by atoms with Crippen LogP contribution in [0.5, 0.6) is 0 Å². The molecule has 0 saturated heterocycles. The fourth-order valence-corrected chi connectivity index (χ4v) is 1.84. The van der Waals surface area contributed by atoms with Gasteiger partial charge in [0.05, 0.1) is 0 Å². The molecule has 1 rings (SSSR count). The minimum Gasteiger partial charge on any atom is -0.309 e. The maximum Gasteiger partial charge on any atom is 0.0408 e. The quantitative estimate of drug-likeness (QED) is 0.770. The smallest absolute Gasteiger partial charge is 0.0408 e. The van der Waals surface area contributed by atoms with Gasteiger partial charge < -0.3 is 5.32 Å². The third kappa shape index (κ3) is 3.89. The summed E-state index contributed by atoms with van der Waals surface area (Å²) in [4.78, 5) is 0. The predicted octanol–water partition coefficient (Wildman–Crippen LogP) is 3.54. The molecule has 1 atom stereocenters. The summed E-state index contributed by atoms with van der Waals surface area (Å²) < 4.78 is 0. The highest BCUT2D eigenvalue weighted by Crippen LogP contribution is 2.15. The Kier molecular flexibility index (Phi) is 5.38. The second-order valence-corrected chi connectivity index (χ2v) is 4.40. The Hall–Kier alpha value is -0.970. The van der Waals surface area contributed by atoms with Crippen molar-refractivity contribution in [2.45, 2.75) is 39.3 Å². The van der Waals surface area contributed by atoms with E-state index >= 15 is 0 Å². The molecule has 0 amide bonds. The maximum absolute atomic E-state index is 5.91. The number of hydrogen-bond acceptors (Lipinski definition) is 1. The molecule has 0 fully saturated rings. The molecular formula is C14H18ClN. The summed E-state index contributed by atoms with van der Waals surface area (Å²) in [6, 6.07) is 6.38. The third-order valence-corrected chi connectivity index (χ3v) is 2.98. The van der Waals surface area contributed by atoms with Gasteiger partial charge in [0, 0.05) is 24.0 Å². The molecule has 16 heavy (non-hydrogen) atoms. The van der Waals surface area contributed by atoms with Gasteiger partial charge in [-0.25, -0.2) is 0 Å². The molecule has 1 N–H and O–H groups in total. The van der Waals surface area contributed by atoms with Gasteiger partial charge in [0.15, 0.2) is 0 Å². The molecule has 0 aromatic heterocycles. The van der Waals surface area contributed by atoms with E-state index in [1.807, 2.05) is 12.1 Å². The van der Waals surface area contributed by atoms with Crippen LogP contribution >= 0.6 is 11.6 Å². The molecule has 0 aliphatic rings. The average Bonchev–Trinajstić information content (AvgIpc) is 2.26. The molecule has 1 aromatic rings. The summed E-state index contributed by atoms with van der Waals surface area (Å²) in [5.41, 5.74) is 2.50. The minimum atomic E-state index is 0.403. The Bertz CT molecular complexity index is 379. The topological polar surface area (TPSA) is 12.0 Å². The summed E-state index contributed by atoms with van der Waals surface area (Å²) in [5, 5.41) is 4.25. The van der Waals surface area contributed by atoms with Crippen molar-refractivity contribution in [1.29, 1.82) is 0 Å². The SMILES string of the molecule is C#CCC(CC)NCc1ccc(Cl)cc1C. The van der Waals surface area contributed by atoms with Crippen molar-refractivity contribution < 1.29 is 0 Å². The van der Waals surface area contributed by atoms with E-state index in [-0.39, 0.29) is 0 Å². The Labute approximate surface area is 103 Å². The second-order valence-electron chi connectivity index (χ2n) is 3.97. The van der Waals surface area contributed by atoms with Crippen LogP contribution in [-0.2, 0) is 6.54 Å². The van der Waals surface area contributed by atoms with E-state index in [1.54, 1.807) is 0 Å². The Morgan fingerprint density at radius 2 is 2.25 bits per heavy atom. The summed E-state index contributed by atoms with van der Waals surface area (Å²) in [7, 11) is 0. The van der Waals surface area contributed by atoms with Crippen molar-refractivity contribution in [3.05, 3.63) is 34.3 Å². The first kappa shape index (κ1) is 13.1. The number of terminal acetylenes is 1. The monoisotopic (exact) mass is 235 g/mol. The van der Waals surface area contributed by atoms with E-state index in [9.17, 15) is 0 Å². The molecular weight excluding hydrogens is 218 g/mol. The number of aryl methyl sites for hydroxylation is 1. The zero-order valence-corrected chi connectivity index (χ0v) is 10.6. The predicted molar refractivity (Wildman–Crippen MR) is 70.6 cm³/mol. The lowest BCUT2D eigenvalue weighted by molar-refractivity contribution is 0.506. The lowest BCUT2D eigenvalue weighted by Gasteiger charge is -2.15. The summed E-state index contributed by atoms with van der Waals surface area (Å²) in [5.74, 6) is 2.70. The van der Waals surface area contributed by atoms with Gasteiger partial charge in [-0.3, -0.25) is 0 Å². The highest BCUT2D eigenvalue weighted by Gasteiger charge is 2.05. The molecule has 0 radical (unpaired) electrons. The first-order valence-electron chi connectivity index (χ1n) is 5.59. The Morgan fingerprint density at radius 3 is 2.81 bits per heavy atom. The van der Waals surface area contributed by atoms with E-state index in [0.717, 1.165) is 24.4 Å². The number of nitrogens with one attached hydrogen (secondary N) is 1. The summed E-state index contributed by atoms with van der Waals surface area (Å²) in [6.45, 7) is 5.07. The number of rotatable bonds is 5. The molecule has 0 aliphatic carbocycles. The largest absolute Gasteiger partial charge is 0.309 e. The van der Waals surface area contributed by atoms with E-state index in [2.05, 4.69) is 31.2 Å². The van der Waals surface area contributed by atoms with Crippen LogP contribution in [0, 0.1) is 19.3 Å². The van der Waals surface area contributed by atoms with Crippen LogP contribution in [0.4, 0.5) is 0 Å².